The highest BCUT2D eigenvalue weighted by atomic mass is 32.1. The van der Waals surface area contributed by atoms with Crippen molar-refractivity contribution in [2.45, 2.75) is 20.4 Å². The summed E-state index contributed by atoms with van der Waals surface area (Å²) in [6.07, 6.45) is 0. The lowest BCUT2D eigenvalue weighted by Gasteiger charge is -1.99. The molecule has 0 aromatic carbocycles. The molecule has 4 heteroatoms. The summed E-state index contributed by atoms with van der Waals surface area (Å²) in [6.45, 7) is 5.68. The Hall–Kier alpha value is -0.450. The van der Waals surface area contributed by atoms with Crippen molar-refractivity contribution >= 4 is 11.3 Å². The van der Waals surface area contributed by atoms with Crippen molar-refractivity contribution in [2.24, 2.45) is 0 Å². The number of rotatable bonds is 4. The molecule has 3 nitrogen and oxygen atoms in total. The van der Waals surface area contributed by atoms with Crippen LogP contribution >= 0.6 is 11.3 Å². The summed E-state index contributed by atoms with van der Waals surface area (Å²) in [5.41, 5.74) is 1.10. The van der Waals surface area contributed by atoms with Gasteiger partial charge in [-0.3, -0.25) is 0 Å². The molecular weight excluding hydrogens is 172 g/mol. The molecule has 0 saturated carbocycles. The Morgan fingerprint density at radius 2 is 2.25 bits per heavy atom. The van der Waals surface area contributed by atoms with Gasteiger partial charge in [0.25, 0.3) is 0 Å². The number of thiazole rings is 1. The third kappa shape index (κ3) is 2.55. The maximum absolute atomic E-state index is 8.54. The van der Waals surface area contributed by atoms with Crippen molar-refractivity contribution in [3.05, 3.63) is 15.6 Å². The summed E-state index contributed by atoms with van der Waals surface area (Å²) in [4.78, 5) is 5.57. The van der Waals surface area contributed by atoms with Crippen LogP contribution < -0.4 is 5.32 Å². The van der Waals surface area contributed by atoms with Gasteiger partial charge < -0.3 is 10.4 Å². The van der Waals surface area contributed by atoms with Gasteiger partial charge >= 0.3 is 0 Å². The monoisotopic (exact) mass is 186 g/mol. The van der Waals surface area contributed by atoms with Gasteiger partial charge in [0.2, 0.25) is 0 Å². The minimum atomic E-state index is 0.191. The second-order valence-corrected chi connectivity index (χ2v) is 3.93. The molecule has 0 radical (unpaired) electrons. The lowest BCUT2D eigenvalue weighted by atomic mass is 10.4. The molecule has 0 amide bonds. The first-order valence-corrected chi connectivity index (χ1v) is 4.80. The molecule has 0 aliphatic carbocycles. The van der Waals surface area contributed by atoms with Crippen LogP contribution in [0.5, 0.6) is 0 Å². The highest BCUT2D eigenvalue weighted by Crippen LogP contribution is 2.16. The Kier molecular flexibility index (Phi) is 3.65. The molecule has 0 atom stereocenters. The standard InChI is InChI=1S/C8H14N2OS/c1-6-8(5-9-3-4-11)12-7(2)10-6/h9,11H,3-5H2,1-2H3. The molecule has 1 aromatic rings. The van der Waals surface area contributed by atoms with Gasteiger partial charge in [-0.15, -0.1) is 11.3 Å². The van der Waals surface area contributed by atoms with E-state index in [-0.39, 0.29) is 6.61 Å². The van der Waals surface area contributed by atoms with Crippen LogP contribution in [0.3, 0.4) is 0 Å². The van der Waals surface area contributed by atoms with E-state index in [0.717, 1.165) is 17.2 Å². The zero-order valence-electron chi connectivity index (χ0n) is 7.42. The van der Waals surface area contributed by atoms with Crippen molar-refractivity contribution in [2.75, 3.05) is 13.2 Å². The molecule has 0 saturated heterocycles. The number of aromatic nitrogens is 1. The van der Waals surface area contributed by atoms with E-state index < -0.39 is 0 Å². The molecule has 0 unspecified atom stereocenters. The number of nitrogens with zero attached hydrogens (tertiary/aromatic N) is 1. The predicted octanol–water partition coefficient (Wildman–Crippen LogP) is 0.842. The first-order chi connectivity index (χ1) is 5.74. The van der Waals surface area contributed by atoms with E-state index in [1.807, 2.05) is 13.8 Å². The summed E-state index contributed by atoms with van der Waals surface area (Å²) in [6, 6.07) is 0. The van der Waals surface area contributed by atoms with Crippen molar-refractivity contribution in [3.8, 4) is 0 Å². The van der Waals surface area contributed by atoms with Gasteiger partial charge in [0.05, 0.1) is 17.3 Å². The molecule has 0 spiro atoms. The van der Waals surface area contributed by atoms with Crippen LogP contribution in [0.15, 0.2) is 0 Å². The molecule has 1 rings (SSSR count). The number of hydrogen-bond acceptors (Lipinski definition) is 4. The largest absolute Gasteiger partial charge is 0.395 e. The van der Waals surface area contributed by atoms with E-state index >= 15 is 0 Å². The Bertz CT molecular complexity index is 247. The van der Waals surface area contributed by atoms with Crippen LogP contribution in [-0.2, 0) is 6.54 Å². The van der Waals surface area contributed by atoms with Crippen molar-refractivity contribution in [1.29, 1.82) is 0 Å². The van der Waals surface area contributed by atoms with Crippen LogP contribution in [0, 0.1) is 13.8 Å². The summed E-state index contributed by atoms with van der Waals surface area (Å²) < 4.78 is 0. The third-order valence-corrected chi connectivity index (χ3v) is 2.65. The molecule has 1 aromatic heterocycles. The SMILES string of the molecule is Cc1nc(C)c(CNCCO)s1. The quantitative estimate of drug-likeness (QED) is 0.685. The van der Waals surface area contributed by atoms with Crippen molar-refractivity contribution in [1.82, 2.24) is 10.3 Å². The zero-order chi connectivity index (χ0) is 8.97. The number of aliphatic hydroxyl groups is 1. The molecule has 0 aliphatic rings. The van der Waals surface area contributed by atoms with Crippen LogP contribution in [0.1, 0.15) is 15.6 Å². The Morgan fingerprint density at radius 1 is 1.50 bits per heavy atom. The molecular formula is C8H14N2OS. The van der Waals surface area contributed by atoms with E-state index in [1.165, 1.54) is 4.88 Å². The fraction of sp³-hybridized carbons (Fsp3) is 0.625. The van der Waals surface area contributed by atoms with Gasteiger partial charge in [0, 0.05) is 18.0 Å². The molecule has 68 valence electrons. The van der Waals surface area contributed by atoms with E-state index in [1.54, 1.807) is 11.3 Å². The molecule has 2 N–H and O–H groups in total. The Balaban J connectivity index is 2.45. The number of aryl methyl sites for hydroxylation is 2. The van der Waals surface area contributed by atoms with Gasteiger partial charge in [-0.1, -0.05) is 0 Å². The van der Waals surface area contributed by atoms with Gasteiger partial charge in [0.15, 0.2) is 0 Å². The van der Waals surface area contributed by atoms with Gasteiger partial charge in [0.1, 0.15) is 0 Å². The maximum atomic E-state index is 8.54. The van der Waals surface area contributed by atoms with E-state index in [0.29, 0.717) is 6.54 Å². The molecule has 0 bridgehead atoms. The van der Waals surface area contributed by atoms with Crippen LogP contribution in [0.4, 0.5) is 0 Å². The van der Waals surface area contributed by atoms with Crippen molar-refractivity contribution in [3.63, 3.8) is 0 Å². The second-order valence-electron chi connectivity index (χ2n) is 2.64. The minimum Gasteiger partial charge on any atom is -0.395 e. The maximum Gasteiger partial charge on any atom is 0.0900 e. The lowest BCUT2D eigenvalue weighted by molar-refractivity contribution is 0.292. The first-order valence-electron chi connectivity index (χ1n) is 3.98. The number of nitrogens with one attached hydrogen (secondary N) is 1. The molecule has 12 heavy (non-hydrogen) atoms. The molecule has 0 aliphatic heterocycles. The van der Waals surface area contributed by atoms with Crippen LogP contribution in [0.25, 0.3) is 0 Å². The van der Waals surface area contributed by atoms with Crippen molar-refractivity contribution < 1.29 is 5.11 Å². The molecule has 0 fully saturated rings. The lowest BCUT2D eigenvalue weighted by Crippen LogP contribution is -2.17. The zero-order valence-corrected chi connectivity index (χ0v) is 8.24. The average molecular weight is 186 g/mol. The highest BCUT2D eigenvalue weighted by molar-refractivity contribution is 7.11. The normalized spacial score (nSPS) is 10.6. The second kappa shape index (κ2) is 4.54. The first kappa shape index (κ1) is 9.64. The minimum absolute atomic E-state index is 0.191. The van der Waals surface area contributed by atoms with Gasteiger partial charge in [-0.25, -0.2) is 4.98 Å². The summed E-state index contributed by atoms with van der Waals surface area (Å²) in [7, 11) is 0. The smallest absolute Gasteiger partial charge is 0.0900 e. The van der Waals surface area contributed by atoms with E-state index in [9.17, 15) is 0 Å². The Labute approximate surface area is 76.5 Å². The third-order valence-electron chi connectivity index (χ3n) is 1.57. The van der Waals surface area contributed by atoms with Gasteiger partial charge in [-0.2, -0.15) is 0 Å². The van der Waals surface area contributed by atoms with E-state index in [4.69, 9.17) is 5.11 Å². The van der Waals surface area contributed by atoms with E-state index in [2.05, 4.69) is 10.3 Å². The van der Waals surface area contributed by atoms with Crippen LogP contribution in [-0.4, -0.2) is 23.2 Å². The summed E-state index contributed by atoms with van der Waals surface area (Å²) in [5, 5.41) is 12.8. The number of hydrogen-bond donors (Lipinski definition) is 2. The topological polar surface area (TPSA) is 45.2 Å². The summed E-state index contributed by atoms with van der Waals surface area (Å²) >= 11 is 1.71. The fourth-order valence-electron chi connectivity index (χ4n) is 1.02. The molecule has 1 heterocycles. The van der Waals surface area contributed by atoms with Crippen LogP contribution in [0.2, 0.25) is 0 Å². The number of aliphatic hydroxyl groups excluding tert-OH is 1. The summed E-state index contributed by atoms with van der Waals surface area (Å²) in [5.74, 6) is 0. The fourth-order valence-corrected chi connectivity index (χ4v) is 1.93. The predicted molar refractivity (Wildman–Crippen MR) is 50.4 cm³/mol. The van der Waals surface area contributed by atoms with Gasteiger partial charge in [-0.05, 0) is 13.8 Å². The average Bonchev–Trinajstić information content (AvgIpc) is 2.31. The Morgan fingerprint density at radius 3 is 2.75 bits per heavy atom. The highest BCUT2D eigenvalue weighted by Gasteiger charge is 2.02.